The smallest absolute Gasteiger partial charge is 0.494 e. The van der Waals surface area contributed by atoms with Crippen LogP contribution in [-0.2, 0) is 0 Å². The van der Waals surface area contributed by atoms with Crippen LogP contribution in [0.5, 0.6) is 11.5 Å². The average molecular weight is 440 g/mol. The van der Waals surface area contributed by atoms with Gasteiger partial charge in [-0.15, -0.1) is 13.2 Å². The van der Waals surface area contributed by atoms with Crippen molar-refractivity contribution in [3.05, 3.63) is 67.0 Å². The Hall–Kier alpha value is -3.88. The number of fused-ring (bicyclic) bond motifs is 1. The molecular formula is C23H19F3N4O2. The standard InChI is InChI=1S/C23H19F3N4O2/c1-2-11-31-17-8-9-20-19(13-17)22(30-21(29-20)15-5-4-10-27-14-15)28-16-6-3-7-18(12-16)32-23(24,25)26/h3-10,12-14H,2,11H2,1H3,(H,28,29,30). The number of hydrogen-bond acceptors (Lipinski definition) is 6. The number of ether oxygens (including phenoxy) is 2. The molecule has 4 aromatic rings. The van der Waals surface area contributed by atoms with Gasteiger partial charge in [-0.05, 0) is 48.9 Å². The maximum Gasteiger partial charge on any atom is 0.573 e. The van der Waals surface area contributed by atoms with Crippen LogP contribution in [0.15, 0.2) is 67.0 Å². The van der Waals surface area contributed by atoms with Crippen molar-refractivity contribution in [1.29, 1.82) is 0 Å². The summed E-state index contributed by atoms with van der Waals surface area (Å²) in [6.07, 6.45) is -0.639. The van der Waals surface area contributed by atoms with E-state index in [1.165, 1.54) is 18.2 Å². The van der Waals surface area contributed by atoms with Gasteiger partial charge in [-0.25, -0.2) is 9.97 Å². The van der Waals surface area contributed by atoms with Gasteiger partial charge in [-0.2, -0.15) is 0 Å². The Morgan fingerprint density at radius 2 is 1.84 bits per heavy atom. The number of hydrogen-bond donors (Lipinski definition) is 1. The molecule has 2 aromatic carbocycles. The molecule has 9 heteroatoms. The van der Waals surface area contributed by atoms with Crippen molar-refractivity contribution in [2.75, 3.05) is 11.9 Å². The summed E-state index contributed by atoms with van der Waals surface area (Å²) >= 11 is 0. The minimum absolute atomic E-state index is 0.333. The van der Waals surface area contributed by atoms with Gasteiger partial charge in [0.1, 0.15) is 17.3 Å². The Balaban J connectivity index is 1.77. The van der Waals surface area contributed by atoms with Gasteiger partial charge in [-0.1, -0.05) is 13.0 Å². The number of rotatable bonds is 7. The third-order valence-electron chi connectivity index (χ3n) is 4.39. The summed E-state index contributed by atoms with van der Waals surface area (Å²) in [7, 11) is 0. The molecular weight excluding hydrogens is 421 g/mol. The van der Waals surface area contributed by atoms with Crippen LogP contribution in [0.3, 0.4) is 0 Å². The van der Waals surface area contributed by atoms with Crippen molar-refractivity contribution in [1.82, 2.24) is 15.0 Å². The number of aromatic nitrogens is 3. The fraction of sp³-hybridized carbons (Fsp3) is 0.174. The molecule has 0 radical (unpaired) electrons. The molecule has 0 aliphatic carbocycles. The number of halogens is 3. The second-order valence-electron chi connectivity index (χ2n) is 6.87. The quantitative estimate of drug-likeness (QED) is 0.373. The molecule has 0 aliphatic rings. The number of nitrogens with zero attached hydrogens (tertiary/aromatic N) is 3. The lowest BCUT2D eigenvalue weighted by Gasteiger charge is -2.14. The zero-order valence-electron chi connectivity index (χ0n) is 17.1. The summed E-state index contributed by atoms with van der Waals surface area (Å²) in [5.41, 5.74) is 1.73. The second-order valence-corrected chi connectivity index (χ2v) is 6.87. The van der Waals surface area contributed by atoms with Crippen LogP contribution in [0, 0.1) is 0 Å². The number of nitrogens with one attached hydrogen (secondary N) is 1. The van der Waals surface area contributed by atoms with E-state index < -0.39 is 6.36 Å². The van der Waals surface area contributed by atoms with Crippen molar-refractivity contribution in [3.8, 4) is 22.9 Å². The fourth-order valence-corrected chi connectivity index (χ4v) is 3.04. The van der Waals surface area contributed by atoms with E-state index in [2.05, 4.69) is 25.0 Å². The Labute approximate surface area is 182 Å². The van der Waals surface area contributed by atoms with E-state index in [9.17, 15) is 13.2 Å². The average Bonchev–Trinajstić information content (AvgIpc) is 2.77. The van der Waals surface area contributed by atoms with Crippen LogP contribution in [-0.4, -0.2) is 27.9 Å². The maximum atomic E-state index is 12.6. The van der Waals surface area contributed by atoms with Crippen molar-refractivity contribution in [3.63, 3.8) is 0 Å². The molecule has 0 saturated carbocycles. The molecule has 0 amide bonds. The first-order valence-corrected chi connectivity index (χ1v) is 9.89. The van der Waals surface area contributed by atoms with Gasteiger partial charge < -0.3 is 14.8 Å². The van der Waals surface area contributed by atoms with Crippen LogP contribution < -0.4 is 14.8 Å². The Morgan fingerprint density at radius 1 is 0.969 bits per heavy atom. The van der Waals surface area contributed by atoms with Gasteiger partial charge >= 0.3 is 6.36 Å². The predicted molar refractivity (Wildman–Crippen MR) is 115 cm³/mol. The van der Waals surface area contributed by atoms with Crippen LogP contribution in [0.2, 0.25) is 0 Å². The molecule has 0 aliphatic heterocycles. The highest BCUT2D eigenvalue weighted by Gasteiger charge is 2.31. The van der Waals surface area contributed by atoms with Crippen molar-refractivity contribution >= 4 is 22.4 Å². The summed E-state index contributed by atoms with van der Waals surface area (Å²) < 4.78 is 47.6. The van der Waals surface area contributed by atoms with Gasteiger partial charge in [0.15, 0.2) is 5.82 Å². The van der Waals surface area contributed by atoms with Gasteiger partial charge in [0.2, 0.25) is 0 Å². The molecule has 2 aromatic heterocycles. The van der Waals surface area contributed by atoms with E-state index in [-0.39, 0.29) is 5.75 Å². The third-order valence-corrected chi connectivity index (χ3v) is 4.39. The SMILES string of the molecule is CCCOc1ccc2nc(-c3cccnc3)nc(Nc3cccc(OC(F)(F)F)c3)c2c1. The zero-order chi connectivity index (χ0) is 22.6. The van der Waals surface area contributed by atoms with Crippen molar-refractivity contribution in [2.24, 2.45) is 0 Å². The molecule has 0 bridgehead atoms. The van der Waals surface area contributed by atoms with E-state index in [4.69, 9.17) is 4.74 Å². The highest BCUT2D eigenvalue weighted by atomic mass is 19.4. The van der Waals surface area contributed by atoms with Crippen LogP contribution >= 0.6 is 0 Å². The molecule has 6 nitrogen and oxygen atoms in total. The lowest BCUT2D eigenvalue weighted by molar-refractivity contribution is -0.274. The highest BCUT2D eigenvalue weighted by molar-refractivity contribution is 5.93. The summed E-state index contributed by atoms with van der Waals surface area (Å²) in [6.45, 7) is 2.56. The topological polar surface area (TPSA) is 69.2 Å². The number of anilines is 2. The summed E-state index contributed by atoms with van der Waals surface area (Å²) in [5, 5.41) is 3.75. The van der Waals surface area contributed by atoms with Gasteiger partial charge in [0, 0.05) is 35.1 Å². The first-order chi connectivity index (χ1) is 15.4. The minimum atomic E-state index is -4.78. The summed E-state index contributed by atoms with van der Waals surface area (Å²) in [4.78, 5) is 13.3. The van der Waals surface area contributed by atoms with Gasteiger partial charge in [0.05, 0.1) is 12.1 Å². The van der Waals surface area contributed by atoms with E-state index in [0.717, 1.165) is 6.42 Å². The third kappa shape index (κ3) is 5.23. The monoisotopic (exact) mass is 440 g/mol. The largest absolute Gasteiger partial charge is 0.573 e. The molecule has 0 saturated heterocycles. The number of pyridine rings is 1. The highest BCUT2D eigenvalue weighted by Crippen LogP contribution is 2.32. The summed E-state index contributed by atoms with van der Waals surface area (Å²) in [6, 6.07) is 14.6. The summed E-state index contributed by atoms with van der Waals surface area (Å²) in [5.74, 6) is 1.16. The first-order valence-electron chi connectivity index (χ1n) is 9.89. The van der Waals surface area contributed by atoms with Gasteiger partial charge in [0.25, 0.3) is 0 Å². The first kappa shape index (κ1) is 21.4. The second kappa shape index (κ2) is 9.09. The predicted octanol–water partition coefficient (Wildman–Crippen LogP) is 6.12. The normalized spacial score (nSPS) is 11.4. The van der Waals surface area contributed by atoms with E-state index in [1.807, 2.05) is 25.1 Å². The van der Waals surface area contributed by atoms with Crippen LogP contribution in [0.1, 0.15) is 13.3 Å². The molecule has 0 unspecified atom stereocenters. The molecule has 2 heterocycles. The van der Waals surface area contributed by atoms with E-state index in [1.54, 1.807) is 30.6 Å². The zero-order valence-corrected chi connectivity index (χ0v) is 17.1. The van der Waals surface area contributed by atoms with Gasteiger partial charge in [-0.3, -0.25) is 4.98 Å². The van der Waals surface area contributed by atoms with E-state index in [0.29, 0.717) is 46.2 Å². The van der Waals surface area contributed by atoms with Crippen molar-refractivity contribution in [2.45, 2.75) is 19.7 Å². The molecule has 4 rings (SSSR count). The number of alkyl halides is 3. The van der Waals surface area contributed by atoms with Crippen LogP contribution in [0.25, 0.3) is 22.3 Å². The minimum Gasteiger partial charge on any atom is -0.494 e. The molecule has 0 spiro atoms. The molecule has 164 valence electrons. The lowest BCUT2D eigenvalue weighted by Crippen LogP contribution is -2.17. The van der Waals surface area contributed by atoms with E-state index >= 15 is 0 Å². The number of benzene rings is 2. The Morgan fingerprint density at radius 3 is 2.59 bits per heavy atom. The maximum absolute atomic E-state index is 12.6. The Kier molecular flexibility index (Phi) is 6.07. The van der Waals surface area contributed by atoms with Crippen LogP contribution in [0.4, 0.5) is 24.7 Å². The molecule has 0 fully saturated rings. The molecule has 1 N–H and O–H groups in total. The van der Waals surface area contributed by atoms with Crippen molar-refractivity contribution < 1.29 is 22.6 Å². The lowest BCUT2D eigenvalue weighted by atomic mass is 10.2. The Bertz CT molecular complexity index is 1220. The molecule has 0 atom stereocenters. The fourth-order valence-electron chi connectivity index (χ4n) is 3.04. The molecule has 32 heavy (non-hydrogen) atoms.